The van der Waals surface area contributed by atoms with Crippen LogP contribution >= 0.6 is 0 Å². The Labute approximate surface area is 238 Å². The maximum atomic E-state index is 12.1. The number of pyridine rings is 2. The number of nitrogen functional groups attached to an aromatic ring is 1. The molecular formula is C33H29N7O. The molecule has 2 unspecified atom stereocenters. The van der Waals surface area contributed by atoms with E-state index in [0.29, 0.717) is 36.8 Å². The Kier molecular flexibility index (Phi) is 6.22. The molecule has 2 aromatic carbocycles. The first-order chi connectivity index (χ1) is 20.1. The van der Waals surface area contributed by atoms with Crippen LogP contribution < -0.4 is 5.73 Å². The predicted octanol–water partition coefficient (Wildman–Crippen LogP) is 4.54. The molecule has 7 rings (SSSR count). The number of likely N-dealkylation sites (tertiary alicyclic amines) is 1. The lowest BCUT2D eigenvalue weighted by atomic mass is 10.1. The minimum atomic E-state index is -0.201. The third kappa shape index (κ3) is 4.50. The largest absolute Gasteiger partial charge is 0.383 e. The fourth-order valence-corrected chi connectivity index (χ4v) is 6.23. The number of fused-ring (bicyclic) bond motifs is 3. The second-order valence-electron chi connectivity index (χ2n) is 10.7. The second-order valence-corrected chi connectivity index (χ2v) is 10.7. The van der Waals surface area contributed by atoms with Crippen LogP contribution in [0, 0.1) is 12.3 Å². The minimum absolute atomic E-state index is 0.201. The normalized spacial score (nSPS) is 18.5. The first kappa shape index (κ1) is 25.0. The summed E-state index contributed by atoms with van der Waals surface area (Å²) in [5, 5.41) is 0. The van der Waals surface area contributed by atoms with Crippen molar-refractivity contribution in [3.63, 3.8) is 0 Å². The molecule has 3 aromatic heterocycles. The Morgan fingerprint density at radius 3 is 2.39 bits per heavy atom. The minimum Gasteiger partial charge on any atom is -0.383 e. The van der Waals surface area contributed by atoms with Gasteiger partial charge in [-0.05, 0) is 60.7 Å². The average Bonchev–Trinajstić information content (AvgIpc) is 3.49. The summed E-state index contributed by atoms with van der Waals surface area (Å²) in [6.07, 6.45) is 9.23. The van der Waals surface area contributed by atoms with Gasteiger partial charge < -0.3 is 10.6 Å². The van der Waals surface area contributed by atoms with Gasteiger partial charge in [-0.1, -0.05) is 42.5 Å². The van der Waals surface area contributed by atoms with Crippen molar-refractivity contribution >= 4 is 22.9 Å². The molecule has 2 aliphatic rings. The highest BCUT2D eigenvalue weighted by Crippen LogP contribution is 2.34. The van der Waals surface area contributed by atoms with Crippen molar-refractivity contribution in [2.24, 2.45) is 0 Å². The Balaban J connectivity index is 1.25. The van der Waals surface area contributed by atoms with Gasteiger partial charge in [0.25, 0.3) is 5.91 Å². The number of nitrogens with zero attached hydrogens (tertiary/aromatic N) is 6. The van der Waals surface area contributed by atoms with Crippen molar-refractivity contribution < 1.29 is 4.79 Å². The molecule has 2 saturated heterocycles. The molecule has 0 saturated carbocycles. The van der Waals surface area contributed by atoms with Gasteiger partial charge in [0, 0.05) is 49.2 Å². The van der Waals surface area contributed by atoms with Gasteiger partial charge in [-0.15, -0.1) is 6.42 Å². The van der Waals surface area contributed by atoms with Gasteiger partial charge in [-0.2, -0.15) is 0 Å². The van der Waals surface area contributed by atoms with Crippen LogP contribution in [0.5, 0.6) is 0 Å². The standard InChI is InChI=1S/C33H29N7O/c1-2-30(41)38-20-25-14-15-26(21-38)39(25)19-22-10-12-24(13-11-22)40-32(27-9-6-18-35-31(27)34)37-29-17-16-28(36-33(29)40)23-7-4-3-5-8-23/h1,3-13,16-18,25-26H,14-15,19-21H2,(H2,34,35). The molecule has 5 aromatic rings. The number of rotatable bonds is 5. The maximum Gasteiger partial charge on any atom is 0.298 e. The first-order valence-electron chi connectivity index (χ1n) is 13.9. The van der Waals surface area contributed by atoms with E-state index in [-0.39, 0.29) is 5.91 Å². The number of piperazine rings is 1. The fourth-order valence-electron chi connectivity index (χ4n) is 6.23. The topological polar surface area (TPSA) is 93.2 Å². The van der Waals surface area contributed by atoms with E-state index < -0.39 is 0 Å². The van der Waals surface area contributed by atoms with Crippen molar-refractivity contribution in [2.75, 3.05) is 18.8 Å². The number of terminal acetylenes is 1. The van der Waals surface area contributed by atoms with Crippen LogP contribution in [-0.2, 0) is 11.3 Å². The number of carbonyl (C=O) groups is 1. The number of amides is 1. The zero-order chi connectivity index (χ0) is 27.9. The van der Waals surface area contributed by atoms with E-state index in [1.54, 1.807) is 6.20 Å². The summed E-state index contributed by atoms with van der Waals surface area (Å²) in [5.41, 5.74) is 12.7. The van der Waals surface area contributed by atoms with E-state index in [1.807, 2.05) is 47.4 Å². The quantitative estimate of drug-likeness (QED) is 0.330. The molecular weight excluding hydrogens is 510 g/mol. The van der Waals surface area contributed by atoms with Crippen LogP contribution in [0.3, 0.4) is 0 Å². The molecule has 1 amide bonds. The molecule has 0 radical (unpaired) electrons. The SMILES string of the molecule is C#CC(=O)N1CC2CCC(C1)N2Cc1ccc(-n2c(-c3cccnc3N)nc3ccc(-c4ccccc4)nc32)cc1. The monoisotopic (exact) mass is 539 g/mol. The van der Waals surface area contributed by atoms with Crippen LogP contribution in [-0.4, -0.2) is 60.4 Å². The molecule has 5 heterocycles. The van der Waals surface area contributed by atoms with Gasteiger partial charge >= 0.3 is 0 Å². The number of benzene rings is 2. The average molecular weight is 540 g/mol. The molecule has 8 heteroatoms. The fraction of sp³-hybridized carbons (Fsp3) is 0.212. The zero-order valence-electron chi connectivity index (χ0n) is 22.5. The van der Waals surface area contributed by atoms with Gasteiger partial charge in [-0.25, -0.2) is 15.0 Å². The summed E-state index contributed by atoms with van der Waals surface area (Å²) >= 11 is 0. The molecule has 202 valence electrons. The summed E-state index contributed by atoms with van der Waals surface area (Å²) in [7, 11) is 0. The molecule has 2 N–H and O–H groups in total. The molecule has 2 aliphatic heterocycles. The lowest BCUT2D eigenvalue weighted by molar-refractivity contribution is -0.128. The summed E-state index contributed by atoms with van der Waals surface area (Å²) < 4.78 is 2.06. The number of anilines is 1. The van der Waals surface area contributed by atoms with E-state index >= 15 is 0 Å². The molecule has 2 fully saturated rings. The van der Waals surface area contributed by atoms with Crippen LogP contribution in [0.25, 0.3) is 39.5 Å². The summed E-state index contributed by atoms with van der Waals surface area (Å²) in [5.74, 6) is 3.19. The van der Waals surface area contributed by atoms with Gasteiger partial charge in [0.15, 0.2) is 11.5 Å². The highest BCUT2D eigenvalue weighted by molar-refractivity contribution is 5.93. The van der Waals surface area contributed by atoms with E-state index in [2.05, 4.69) is 56.8 Å². The molecule has 0 spiro atoms. The summed E-state index contributed by atoms with van der Waals surface area (Å²) in [6.45, 7) is 2.23. The highest BCUT2D eigenvalue weighted by Gasteiger charge is 2.40. The van der Waals surface area contributed by atoms with E-state index in [4.69, 9.17) is 22.1 Å². The maximum absolute atomic E-state index is 12.1. The molecule has 41 heavy (non-hydrogen) atoms. The van der Waals surface area contributed by atoms with Gasteiger partial charge in [0.2, 0.25) is 0 Å². The van der Waals surface area contributed by atoms with Crippen LogP contribution in [0.4, 0.5) is 5.82 Å². The first-order valence-corrected chi connectivity index (χ1v) is 13.9. The third-order valence-corrected chi connectivity index (χ3v) is 8.26. The highest BCUT2D eigenvalue weighted by atomic mass is 16.2. The van der Waals surface area contributed by atoms with Gasteiger partial charge in [0.05, 0.1) is 11.3 Å². The summed E-state index contributed by atoms with van der Waals surface area (Å²) in [4.78, 5) is 30.8. The molecule has 2 atom stereocenters. The second kappa shape index (κ2) is 10.2. The Hall–Kier alpha value is -5.00. The Morgan fingerprint density at radius 2 is 1.68 bits per heavy atom. The van der Waals surface area contributed by atoms with Crippen molar-refractivity contribution in [3.05, 3.63) is 90.6 Å². The number of hydrogen-bond acceptors (Lipinski definition) is 6. The molecule has 8 nitrogen and oxygen atoms in total. The van der Waals surface area contributed by atoms with E-state index in [9.17, 15) is 4.79 Å². The van der Waals surface area contributed by atoms with E-state index in [0.717, 1.165) is 53.1 Å². The molecule has 0 aliphatic carbocycles. The zero-order valence-corrected chi connectivity index (χ0v) is 22.5. The lowest BCUT2D eigenvalue weighted by Gasteiger charge is -2.40. The number of carbonyl (C=O) groups excluding carboxylic acids is 1. The number of aromatic nitrogens is 4. The summed E-state index contributed by atoms with van der Waals surface area (Å²) in [6, 6.07) is 27.2. The smallest absolute Gasteiger partial charge is 0.298 e. The predicted molar refractivity (Wildman–Crippen MR) is 160 cm³/mol. The van der Waals surface area contributed by atoms with Crippen molar-refractivity contribution in [1.29, 1.82) is 0 Å². The Morgan fingerprint density at radius 1 is 0.927 bits per heavy atom. The van der Waals surface area contributed by atoms with Crippen molar-refractivity contribution in [1.82, 2.24) is 29.3 Å². The van der Waals surface area contributed by atoms with Crippen molar-refractivity contribution in [2.45, 2.75) is 31.5 Å². The van der Waals surface area contributed by atoms with Crippen LogP contribution in [0.2, 0.25) is 0 Å². The van der Waals surface area contributed by atoms with Gasteiger partial charge in [-0.3, -0.25) is 14.3 Å². The van der Waals surface area contributed by atoms with Crippen LogP contribution in [0.1, 0.15) is 18.4 Å². The number of imidazole rings is 1. The Bertz CT molecular complexity index is 1770. The lowest BCUT2D eigenvalue weighted by Crippen LogP contribution is -2.54. The van der Waals surface area contributed by atoms with E-state index in [1.165, 1.54) is 5.56 Å². The molecule has 2 bridgehead atoms. The third-order valence-electron chi connectivity index (χ3n) is 8.26. The number of hydrogen-bond donors (Lipinski definition) is 1. The van der Waals surface area contributed by atoms with Crippen LogP contribution in [0.15, 0.2) is 85.1 Å². The van der Waals surface area contributed by atoms with Crippen molar-refractivity contribution in [3.8, 4) is 40.7 Å². The number of nitrogens with two attached hydrogens (primary N) is 1. The van der Waals surface area contributed by atoms with Gasteiger partial charge in [0.1, 0.15) is 11.3 Å².